The van der Waals surface area contributed by atoms with Crippen LogP contribution in [0.5, 0.6) is 0 Å². The summed E-state index contributed by atoms with van der Waals surface area (Å²) in [6.45, 7) is 0. The molecule has 1 aliphatic rings. The van der Waals surface area contributed by atoms with Gasteiger partial charge in [0.15, 0.2) is 6.29 Å². The topological polar surface area (TPSA) is 93.5 Å². The molecule has 1 saturated heterocycles. The minimum absolute atomic E-state index is 0.330. The molecule has 0 bridgehead atoms. The lowest BCUT2D eigenvalue weighted by Gasteiger charge is -2.38. The van der Waals surface area contributed by atoms with Gasteiger partial charge in [0.2, 0.25) is 0 Å². The highest BCUT2D eigenvalue weighted by Gasteiger charge is 2.40. The van der Waals surface area contributed by atoms with E-state index < -0.39 is 30.5 Å². The number of carbonyl (C=O) groups is 1. The van der Waals surface area contributed by atoms with Crippen molar-refractivity contribution in [2.75, 3.05) is 12.4 Å². The van der Waals surface area contributed by atoms with Gasteiger partial charge in [0.05, 0.1) is 11.6 Å². The van der Waals surface area contributed by atoms with Crippen LogP contribution in [0.4, 0.5) is 0 Å². The van der Waals surface area contributed by atoms with E-state index in [1.807, 2.05) is 6.07 Å². The van der Waals surface area contributed by atoms with Crippen molar-refractivity contribution in [2.45, 2.75) is 31.0 Å². The lowest BCUT2D eigenvalue weighted by molar-refractivity contribution is -0.209. The predicted molar refractivity (Wildman–Crippen MR) is 82.7 cm³/mol. The Morgan fingerprint density at radius 3 is 2.82 bits per heavy atom. The number of esters is 1. The summed E-state index contributed by atoms with van der Waals surface area (Å²) >= 11 is 3.33. The fourth-order valence-corrected chi connectivity index (χ4v) is 2.80. The molecule has 0 aromatic heterocycles. The number of benzene rings is 1. The van der Waals surface area contributed by atoms with Gasteiger partial charge in [-0.1, -0.05) is 39.2 Å². The van der Waals surface area contributed by atoms with E-state index in [1.54, 1.807) is 24.3 Å². The Labute approximate surface area is 136 Å². The highest BCUT2D eigenvalue weighted by Crippen LogP contribution is 2.27. The van der Waals surface area contributed by atoms with Gasteiger partial charge in [-0.2, -0.15) is 0 Å². The van der Waals surface area contributed by atoms with Crippen molar-refractivity contribution in [1.29, 1.82) is 0 Å². The maximum Gasteiger partial charge on any atom is 0.338 e. The number of ether oxygens (including phenoxy) is 3. The van der Waals surface area contributed by atoms with E-state index in [4.69, 9.17) is 19.7 Å². The van der Waals surface area contributed by atoms with Gasteiger partial charge in [-0.05, 0) is 17.7 Å². The number of hydrogen-bond donors (Lipinski definition) is 0. The van der Waals surface area contributed by atoms with Crippen molar-refractivity contribution in [3.05, 3.63) is 46.3 Å². The average Bonchev–Trinajstić information content (AvgIpc) is 2.57. The van der Waals surface area contributed by atoms with Crippen molar-refractivity contribution in [3.8, 4) is 0 Å². The molecule has 22 heavy (non-hydrogen) atoms. The Balaban J connectivity index is 2.17. The summed E-state index contributed by atoms with van der Waals surface area (Å²) in [7, 11) is 1.51. The zero-order valence-corrected chi connectivity index (χ0v) is 13.5. The molecular formula is C14H16BrN3O4. The van der Waals surface area contributed by atoms with Crippen molar-refractivity contribution in [2.24, 2.45) is 5.11 Å². The third kappa shape index (κ3) is 3.98. The molecule has 8 heteroatoms. The molecule has 118 valence electrons. The SMILES string of the molecule is CO[C@H]1C[C@H](N=[N+]=[N-])[C@H](OC(=O)c2ccccc2)[C@H](CBr)O1. The molecule has 1 aromatic carbocycles. The second kappa shape index (κ2) is 8.14. The summed E-state index contributed by atoms with van der Waals surface area (Å²) in [6.07, 6.45) is -1.29. The maximum absolute atomic E-state index is 12.2. The maximum atomic E-state index is 12.2. The molecule has 0 saturated carbocycles. The van der Waals surface area contributed by atoms with Gasteiger partial charge in [-0.15, -0.1) is 0 Å². The van der Waals surface area contributed by atoms with Gasteiger partial charge in [0, 0.05) is 23.8 Å². The second-order valence-corrected chi connectivity index (χ2v) is 5.39. The first-order valence-corrected chi connectivity index (χ1v) is 7.86. The molecule has 0 amide bonds. The number of halogens is 1. The number of rotatable bonds is 5. The highest BCUT2D eigenvalue weighted by atomic mass is 79.9. The summed E-state index contributed by atoms with van der Waals surface area (Å²) in [6, 6.07) is 8.10. The smallest absolute Gasteiger partial charge is 0.338 e. The summed E-state index contributed by atoms with van der Waals surface area (Å²) in [5.74, 6) is -0.478. The van der Waals surface area contributed by atoms with Crippen LogP contribution in [-0.4, -0.2) is 42.9 Å². The van der Waals surface area contributed by atoms with Crippen LogP contribution in [0, 0.1) is 0 Å². The Bertz CT molecular complexity index is 550. The first-order chi connectivity index (χ1) is 10.7. The lowest BCUT2D eigenvalue weighted by atomic mass is 10.00. The summed E-state index contributed by atoms with van der Waals surface area (Å²) < 4.78 is 16.4. The number of carbonyl (C=O) groups excluding carboxylic acids is 1. The van der Waals surface area contributed by atoms with Crippen molar-refractivity contribution in [3.63, 3.8) is 0 Å². The van der Waals surface area contributed by atoms with Gasteiger partial charge in [-0.3, -0.25) is 0 Å². The summed E-state index contributed by atoms with van der Waals surface area (Å²) in [4.78, 5) is 15.1. The van der Waals surface area contributed by atoms with Crippen molar-refractivity contribution >= 4 is 21.9 Å². The van der Waals surface area contributed by atoms with E-state index in [1.165, 1.54) is 7.11 Å². The molecule has 0 aliphatic carbocycles. The largest absolute Gasteiger partial charge is 0.456 e. The van der Waals surface area contributed by atoms with E-state index >= 15 is 0 Å². The van der Waals surface area contributed by atoms with Crippen molar-refractivity contribution in [1.82, 2.24) is 0 Å². The monoisotopic (exact) mass is 369 g/mol. The molecule has 0 unspecified atom stereocenters. The summed E-state index contributed by atoms with van der Waals surface area (Å²) in [5.41, 5.74) is 9.16. The van der Waals surface area contributed by atoms with Crippen LogP contribution in [-0.2, 0) is 14.2 Å². The van der Waals surface area contributed by atoms with Gasteiger partial charge in [0.1, 0.15) is 12.2 Å². The van der Waals surface area contributed by atoms with E-state index in [2.05, 4.69) is 26.0 Å². The number of alkyl halides is 1. The van der Waals surface area contributed by atoms with E-state index in [0.29, 0.717) is 17.3 Å². The fourth-order valence-electron chi connectivity index (χ4n) is 2.28. The van der Waals surface area contributed by atoms with E-state index in [0.717, 1.165) is 0 Å². The predicted octanol–water partition coefficient (Wildman–Crippen LogP) is 3.05. The van der Waals surface area contributed by atoms with Gasteiger partial charge in [0.25, 0.3) is 0 Å². The highest BCUT2D eigenvalue weighted by molar-refractivity contribution is 9.09. The molecule has 0 spiro atoms. The van der Waals surface area contributed by atoms with Crippen LogP contribution >= 0.6 is 15.9 Å². The Kier molecular flexibility index (Phi) is 6.21. The van der Waals surface area contributed by atoms with E-state index in [9.17, 15) is 4.79 Å². The lowest BCUT2D eigenvalue weighted by Crippen LogP contribution is -2.50. The Morgan fingerprint density at radius 2 is 2.23 bits per heavy atom. The Morgan fingerprint density at radius 1 is 1.50 bits per heavy atom. The van der Waals surface area contributed by atoms with Gasteiger partial charge < -0.3 is 14.2 Å². The van der Waals surface area contributed by atoms with Gasteiger partial charge >= 0.3 is 5.97 Å². The molecule has 1 fully saturated rings. The molecule has 1 aromatic rings. The van der Waals surface area contributed by atoms with Crippen LogP contribution in [0.2, 0.25) is 0 Å². The number of azide groups is 1. The van der Waals surface area contributed by atoms with Gasteiger partial charge in [-0.25, -0.2) is 4.79 Å². The molecule has 1 aliphatic heterocycles. The van der Waals surface area contributed by atoms with Crippen LogP contribution < -0.4 is 0 Å². The van der Waals surface area contributed by atoms with Crippen LogP contribution in [0.3, 0.4) is 0 Å². The summed E-state index contributed by atoms with van der Waals surface area (Å²) in [5, 5.41) is 4.16. The second-order valence-electron chi connectivity index (χ2n) is 4.74. The number of nitrogens with zero attached hydrogens (tertiary/aromatic N) is 3. The third-order valence-electron chi connectivity index (χ3n) is 3.37. The molecule has 0 radical (unpaired) electrons. The first kappa shape index (κ1) is 16.8. The van der Waals surface area contributed by atoms with E-state index in [-0.39, 0.29) is 0 Å². The standard InChI is InChI=1S/C14H16BrN3O4/c1-20-12-7-10(17-18-16)13(11(8-15)21-12)22-14(19)9-5-3-2-4-6-9/h2-6,10-13H,7-8H2,1H3/t10-,11-,12+,13-/m0/s1. The van der Waals surface area contributed by atoms with Crippen LogP contribution in [0.25, 0.3) is 10.4 Å². The minimum atomic E-state index is -0.672. The number of hydrogen-bond acceptors (Lipinski definition) is 5. The zero-order chi connectivity index (χ0) is 15.9. The molecule has 4 atom stereocenters. The fraction of sp³-hybridized carbons (Fsp3) is 0.500. The van der Waals surface area contributed by atoms with Crippen LogP contribution in [0.15, 0.2) is 35.4 Å². The molecule has 1 heterocycles. The quantitative estimate of drug-likeness (QED) is 0.262. The first-order valence-electron chi connectivity index (χ1n) is 6.74. The number of methoxy groups -OCH3 is 1. The minimum Gasteiger partial charge on any atom is -0.456 e. The Hall–Kier alpha value is -1.60. The molecule has 0 N–H and O–H groups in total. The molecule has 2 rings (SSSR count). The van der Waals surface area contributed by atoms with Crippen LogP contribution in [0.1, 0.15) is 16.8 Å². The van der Waals surface area contributed by atoms with Crippen molar-refractivity contribution < 1.29 is 19.0 Å². The average molecular weight is 370 g/mol. The third-order valence-corrected chi connectivity index (χ3v) is 4.01. The normalized spacial score (nSPS) is 27.7. The molecular weight excluding hydrogens is 354 g/mol. The molecule has 7 nitrogen and oxygen atoms in total. The zero-order valence-electron chi connectivity index (χ0n) is 12.0.